The van der Waals surface area contributed by atoms with E-state index < -0.39 is 0 Å². The van der Waals surface area contributed by atoms with Gasteiger partial charge in [0.25, 0.3) is 0 Å². The number of fused-ring (bicyclic) bond motifs is 2. The molecule has 0 N–H and O–H groups in total. The highest BCUT2D eigenvalue weighted by Crippen LogP contribution is 2.47. The average Bonchev–Trinajstić information content (AvgIpc) is 3.01. The second-order valence-electron chi connectivity index (χ2n) is 8.36. The third-order valence-corrected chi connectivity index (χ3v) is 6.07. The Morgan fingerprint density at radius 3 is 2.63 bits per heavy atom. The molecule has 2 heterocycles. The first-order valence-corrected chi connectivity index (χ1v) is 9.92. The van der Waals surface area contributed by atoms with E-state index in [0.717, 1.165) is 53.4 Å². The first-order valence-electron chi connectivity index (χ1n) is 9.92. The molecule has 1 aromatic carbocycles. The standard InChI is InChI=1S/C23H25NO3/c1-14-8-19(14)21-7-6-18(26-21)13-24(2)12-17-11-23(25)27-22-10-16-5-3-4-15(16)9-20(17)22/h6-7,9-11,14,19H,3-5,8,12-13H2,1-2H3/t14-,19-/m0/s1. The Hall–Kier alpha value is -2.33. The number of aryl methyl sites for hydroxylation is 2. The van der Waals surface area contributed by atoms with E-state index in [0.29, 0.717) is 12.5 Å². The van der Waals surface area contributed by atoms with Crippen LogP contribution in [0.25, 0.3) is 11.0 Å². The summed E-state index contributed by atoms with van der Waals surface area (Å²) < 4.78 is 11.5. The minimum absolute atomic E-state index is 0.271. The Kier molecular flexibility index (Phi) is 3.97. The minimum atomic E-state index is -0.271. The molecule has 0 spiro atoms. The van der Waals surface area contributed by atoms with Crippen LogP contribution in [-0.2, 0) is 25.9 Å². The Morgan fingerprint density at radius 1 is 1.07 bits per heavy atom. The van der Waals surface area contributed by atoms with E-state index in [1.54, 1.807) is 6.07 Å². The fraction of sp³-hybridized carbons (Fsp3) is 0.435. The van der Waals surface area contributed by atoms with Crippen LogP contribution in [-0.4, -0.2) is 11.9 Å². The Balaban J connectivity index is 1.38. The van der Waals surface area contributed by atoms with E-state index in [1.165, 1.54) is 24.0 Å². The molecule has 2 atom stereocenters. The van der Waals surface area contributed by atoms with Gasteiger partial charge < -0.3 is 8.83 Å². The first kappa shape index (κ1) is 16.8. The van der Waals surface area contributed by atoms with Crippen LogP contribution in [0.3, 0.4) is 0 Å². The summed E-state index contributed by atoms with van der Waals surface area (Å²) in [5.74, 6) is 3.46. The van der Waals surface area contributed by atoms with Gasteiger partial charge in [-0.25, -0.2) is 4.79 Å². The van der Waals surface area contributed by atoms with Crippen molar-refractivity contribution in [3.05, 3.63) is 69.0 Å². The molecule has 4 nitrogen and oxygen atoms in total. The van der Waals surface area contributed by atoms with Crippen LogP contribution in [0.1, 0.15) is 53.9 Å². The van der Waals surface area contributed by atoms with Crippen LogP contribution in [0.5, 0.6) is 0 Å². The van der Waals surface area contributed by atoms with Crippen LogP contribution < -0.4 is 5.63 Å². The Bertz CT molecular complexity index is 1060. The van der Waals surface area contributed by atoms with Gasteiger partial charge >= 0.3 is 5.63 Å². The van der Waals surface area contributed by atoms with Gasteiger partial charge in [0.15, 0.2) is 0 Å². The molecule has 4 heteroatoms. The second-order valence-corrected chi connectivity index (χ2v) is 8.36. The number of furan rings is 1. The lowest BCUT2D eigenvalue weighted by Gasteiger charge is -2.16. The summed E-state index contributed by atoms with van der Waals surface area (Å²) in [7, 11) is 2.07. The van der Waals surface area contributed by atoms with Crippen molar-refractivity contribution in [1.82, 2.24) is 4.90 Å². The maximum atomic E-state index is 12.1. The maximum absolute atomic E-state index is 12.1. The van der Waals surface area contributed by atoms with Crippen LogP contribution in [0.2, 0.25) is 0 Å². The zero-order valence-corrected chi connectivity index (χ0v) is 16.0. The Morgan fingerprint density at radius 2 is 1.85 bits per heavy atom. The minimum Gasteiger partial charge on any atom is -0.464 e. The van der Waals surface area contributed by atoms with Gasteiger partial charge in [-0.3, -0.25) is 4.90 Å². The van der Waals surface area contributed by atoms with Gasteiger partial charge in [0.1, 0.15) is 17.1 Å². The normalized spacial score (nSPS) is 21.1. The second kappa shape index (κ2) is 6.38. The molecule has 27 heavy (non-hydrogen) atoms. The zero-order valence-electron chi connectivity index (χ0n) is 16.0. The van der Waals surface area contributed by atoms with Gasteiger partial charge in [-0.1, -0.05) is 6.92 Å². The average molecular weight is 363 g/mol. The summed E-state index contributed by atoms with van der Waals surface area (Å²) in [6.45, 7) is 3.69. The molecule has 2 aromatic heterocycles. The lowest BCUT2D eigenvalue weighted by molar-refractivity contribution is 0.283. The highest BCUT2D eigenvalue weighted by Gasteiger charge is 2.36. The quantitative estimate of drug-likeness (QED) is 0.620. The fourth-order valence-electron chi connectivity index (χ4n) is 4.44. The highest BCUT2D eigenvalue weighted by atomic mass is 16.4. The van der Waals surface area contributed by atoms with Crippen molar-refractivity contribution < 1.29 is 8.83 Å². The summed E-state index contributed by atoms with van der Waals surface area (Å²) in [6.07, 6.45) is 4.62. The van der Waals surface area contributed by atoms with Crippen molar-refractivity contribution >= 4 is 11.0 Å². The van der Waals surface area contributed by atoms with Crippen LogP contribution >= 0.6 is 0 Å². The molecule has 0 unspecified atom stereocenters. The van der Waals surface area contributed by atoms with Crippen LogP contribution in [0.4, 0.5) is 0 Å². The molecular weight excluding hydrogens is 338 g/mol. The molecule has 2 aliphatic carbocycles. The van der Waals surface area contributed by atoms with Crippen LogP contribution in [0, 0.1) is 5.92 Å². The summed E-state index contributed by atoms with van der Waals surface area (Å²) in [6, 6.07) is 10.1. The zero-order chi connectivity index (χ0) is 18.5. The molecule has 0 aliphatic heterocycles. The van der Waals surface area contributed by atoms with E-state index in [2.05, 4.69) is 43.1 Å². The molecule has 0 amide bonds. The van der Waals surface area contributed by atoms with Gasteiger partial charge in [-0.2, -0.15) is 0 Å². The summed E-state index contributed by atoms with van der Waals surface area (Å²) >= 11 is 0. The Labute approximate surface area is 158 Å². The van der Waals surface area contributed by atoms with Crippen molar-refractivity contribution in [1.29, 1.82) is 0 Å². The van der Waals surface area contributed by atoms with Gasteiger partial charge in [0, 0.05) is 23.9 Å². The predicted molar refractivity (Wildman–Crippen MR) is 105 cm³/mol. The first-order chi connectivity index (χ1) is 13.1. The summed E-state index contributed by atoms with van der Waals surface area (Å²) in [5, 5.41) is 1.06. The lowest BCUT2D eigenvalue weighted by atomic mass is 10.0. The van der Waals surface area contributed by atoms with Gasteiger partial charge in [-0.05, 0) is 79.6 Å². The van der Waals surface area contributed by atoms with E-state index in [-0.39, 0.29) is 5.63 Å². The molecule has 0 saturated heterocycles. The van der Waals surface area contributed by atoms with E-state index in [9.17, 15) is 4.79 Å². The van der Waals surface area contributed by atoms with E-state index >= 15 is 0 Å². The van der Waals surface area contributed by atoms with Gasteiger partial charge in [0.05, 0.1) is 6.54 Å². The highest BCUT2D eigenvalue weighted by molar-refractivity contribution is 5.82. The van der Waals surface area contributed by atoms with Crippen molar-refractivity contribution in [3.63, 3.8) is 0 Å². The monoisotopic (exact) mass is 363 g/mol. The maximum Gasteiger partial charge on any atom is 0.336 e. The van der Waals surface area contributed by atoms with Gasteiger partial charge in [-0.15, -0.1) is 0 Å². The lowest BCUT2D eigenvalue weighted by Crippen LogP contribution is -2.18. The largest absolute Gasteiger partial charge is 0.464 e. The number of hydrogen-bond donors (Lipinski definition) is 0. The van der Waals surface area contributed by atoms with Crippen molar-refractivity contribution in [2.75, 3.05) is 7.05 Å². The van der Waals surface area contributed by atoms with Crippen LogP contribution in [0.15, 0.2) is 44.0 Å². The summed E-state index contributed by atoms with van der Waals surface area (Å²) in [4.78, 5) is 14.3. The van der Waals surface area contributed by atoms with Crippen molar-refractivity contribution in [2.24, 2.45) is 5.92 Å². The van der Waals surface area contributed by atoms with E-state index in [4.69, 9.17) is 8.83 Å². The molecular formula is C23H25NO3. The molecule has 3 aromatic rings. The molecule has 140 valence electrons. The van der Waals surface area contributed by atoms with Crippen molar-refractivity contribution in [2.45, 2.75) is 51.6 Å². The molecule has 1 fully saturated rings. The molecule has 0 bridgehead atoms. The summed E-state index contributed by atoms with van der Waals surface area (Å²) in [5.41, 5.74) is 4.20. The third kappa shape index (κ3) is 3.23. The molecule has 2 aliphatic rings. The smallest absolute Gasteiger partial charge is 0.336 e. The molecule has 5 rings (SSSR count). The predicted octanol–water partition coefficient (Wildman–Crippen LogP) is 4.63. The number of hydrogen-bond acceptors (Lipinski definition) is 4. The van der Waals surface area contributed by atoms with E-state index in [1.807, 2.05) is 0 Å². The third-order valence-electron chi connectivity index (χ3n) is 6.07. The molecule has 0 radical (unpaired) electrons. The SMILES string of the molecule is C[C@H]1C[C@@H]1c1ccc(CN(C)Cc2cc(=O)oc3cc4c(cc23)CCC4)o1. The fourth-order valence-corrected chi connectivity index (χ4v) is 4.44. The number of nitrogens with zero attached hydrogens (tertiary/aromatic N) is 1. The van der Waals surface area contributed by atoms with Crippen molar-refractivity contribution in [3.8, 4) is 0 Å². The number of rotatable bonds is 5. The van der Waals surface area contributed by atoms with Gasteiger partial charge in [0.2, 0.25) is 0 Å². The molecule has 1 saturated carbocycles. The topological polar surface area (TPSA) is 46.6 Å². The number of benzene rings is 1.